The Balaban J connectivity index is 1.75. The molecule has 0 saturated heterocycles. The molecule has 0 bridgehead atoms. The van der Waals surface area contributed by atoms with Gasteiger partial charge in [-0.1, -0.05) is 6.92 Å². The summed E-state index contributed by atoms with van der Waals surface area (Å²) in [6.07, 6.45) is 4.34. The maximum atomic E-state index is 12.9. The maximum Gasteiger partial charge on any atom is 0.286 e. The number of fused-ring (bicyclic) bond motifs is 3. The topological polar surface area (TPSA) is 81.5 Å². The van der Waals surface area contributed by atoms with Crippen LogP contribution >= 0.6 is 0 Å². The van der Waals surface area contributed by atoms with Crippen LogP contribution < -0.4 is 10.9 Å². The molecule has 7 nitrogen and oxygen atoms in total. The zero-order chi connectivity index (χ0) is 18.1. The lowest BCUT2D eigenvalue weighted by atomic mass is 10.3. The van der Waals surface area contributed by atoms with Crippen molar-refractivity contribution < 1.29 is 9.21 Å². The number of hydrogen-bond acceptors (Lipinski definition) is 4. The molecule has 4 aromatic heterocycles. The molecule has 0 aliphatic rings. The van der Waals surface area contributed by atoms with Crippen LogP contribution in [0.5, 0.6) is 0 Å². The van der Waals surface area contributed by atoms with Gasteiger partial charge >= 0.3 is 0 Å². The summed E-state index contributed by atoms with van der Waals surface area (Å²) in [4.78, 5) is 29.2. The van der Waals surface area contributed by atoms with Gasteiger partial charge in [-0.15, -0.1) is 0 Å². The first kappa shape index (κ1) is 16.1. The minimum Gasteiger partial charge on any atom is -0.454 e. The van der Waals surface area contributed by atoms with Gasteiger partial charge in [0, 0.05) is 18.9 Å². The highest BCUT2D eigenvalue weighted by atomic mass is 16.4. The van der Waals surface area contributed by atoms with E-state index < -0.39 is 0 Å². The second-order valence-corrected chi connectivity index (χ2v) is 6.02. The average molecular weight is 350 g/mol. The van der Waals surface area contributed by atoms with E-state index in [-0.39, 0.29) is 23.8 Å². The van der Waals surface area contributed by atoms with E-state index in [0.717, 1.165) is 11.9 Å². The predicted octanol–water partition coefficient (Wildman–Crippen LogP) is 2.43. The molecule has 0 radical (unpaired) electrons. The number of nitrogens with zero attached hydrogens (tertiary/aromatic N) is 3. The number of nitrogens with one attached hydrogen (secondary N) is 1. The Hall–Kier alpha value is -3.35. The highest BCUT2D eigenvalue weighted by molar-refractivity contribution is 5.91. The molecule has 4 heterocycles. The highest BCUT2D eigenvalue weighted by Gasteiger charge is 2.15. The molecule has 0 unspecified atom stereocenters. The fourth-order valence-electron chi connectivity index (χ4n) is 3.00. The van der Waals surface area contributed by atoms with E-state index in [1.54, 1.807) is 29.0 Å². The first-order valence-corrected chi connectivity index (χ1v) is 8.50. The Kier molecular flexibility index (Phi) is 4.04. The van der Waals surface area contributed by atoms with E-state index in [1.165, 1.54) is 0 Å². The molecule has 0 atom stereocenters. The Morgan fingerprint density at radius 3 is 2.88 bits per heavy atom. The zero-order valence-corrected chi connectivity index (χ0v) is 14.3. The van der Waals surface area contributed by atoms with Crippen molar-refractivity contribution in [2.24, 2.45) is 0 Å². The fraction of sp³-hybridized carbons (Fsp3) is 0.211. The number of furan rings is 1. The quantitative estimate of drug-likeness (QED) is 0.599. The fourth-order valence-corrected chi connectivity index (χ4v) is 3.00. The van der Waals surface area contributed by atoms with Gasteiger partial charge in [0.2, 0.25) is 0 Å². The first-order chi connectivity index (χ1) is 12.7. The van der Waals surface area contributed by atoms with E-state index >= 15 is 0 Å². The van der Waals surface area contributed by atoms with E-state index in [4.69, 9.17) is 4.42 Å². The molecule has 7 heteroatoms. The molecule has 4 rings (SSSR count). The number of amides is 1. The molecule has 4 aromatic rings. The van der Waals surface area contributed by atoms with Crippen molar-refractivity contribution in [3.05, 3.63) is 70.7 Å². The summed E-state index contributed by atoms with van der Waals surface area (Å²) in [5.74, 6) is 0.509. The minimum atomic E-state index is -0.254. The maximum absolute atomic E-state index is 12.9. The average Bonchev–Trinajstić information content (AvgIpc) is 3.33. The lowest BCUT2D eigenvalue weighted by Gasteiger charge is -2.10. The van der Waals surface area contributed by atoms with Crippen molar-refractivity contribution in [1.29, 1.82) is 0 Å². The zero-order valence-electron chi connectivity index (χ0n) is 14.3. The van der Waals surface area contributed by atoms with Gasteiger partial charge < -0.3 is 14.1 Å². The van der Waals surface area contributed by atoms with Crippen molar-refractivity contribution in [3.8, 4) is 0 Å². The normalized spacial score (nSPS) is 11.3. The monoisotopic (exact) mass is 350 g/mol. The van der Waals surface area contributed by atoms with E-state index in [9.17, 15) is 9.59 Å². The molecule has 132 valence electrons. The Morgan fingerprint density at radius 2 is 2.04 bits per heavy atom. The molecule has 0 aliphatic carbocycles. The van der Waals surface area contributed by atoms with Crippen LogP contribution in [0.15, 0.2) is 58.0 Å². The van der Waals surface area contributed by atoms with Gasteiger partial charge in [0.1, 0.15) is 11.3 Å². The van der Waals surface area contributed by atoms with Gasteiger partial charge in [-0.2, -0.15) is 0 Å². The molecule has 1 amide bonds. The number of carbonyl (C=O) groups excluding carboxylic acids is 1. The van der Waals surface area contributed by atoms with Crippen molar-refractivity contribution >= 4 is 22.6 Å². The van der Waals surface area contributed by atoms with Crippen molar-refractivity contribution in [2.45, 2.75) is 19.9 Å². The van der Waals surface area contributed by atoms with E-state index in [1.807, 2.05) is 35.7 Å². The lowest BCUT2D eigenvalue weighted by Crippen LogP contribution is -2.24. The summed E-state index contributed by atoms with van der Waals surface area (Å²) in [6.45, 7) is 2.78. The lowest BCUT2D eigenvalue weighted by molar-refractivity contribution is 0.0924. The third-order valence-electron chi connectivity index (χ3n) is 4.23. The molecule has 0 saturated carbocycles. The largest absolute Gasteiger partial charge is 0.454 e. The van der Waals surface area contributed by atoms with E-state index in [0.29, 0.717) is 23.5 Å². The van der Waals surface area contributed by atoms with E-state index in [2.05, 4.69) is 10.3 Å². The summed E-state index contributed by atoms with van der Waals surface area (Å²) < 4.78 is 9.03. The SMILES string of the molecule is CCCNC(=O)c1ccc(Cn2c(=O)c3cccn3c3cccnc32)o1. The van der Waals surface area contributed by atoms with Crippen molar-refractivity contribution in [1.82, 2.24) is 19.3 Å². The van der Waals surface area contributed by atoms with Crippen LogP contribution in [0.1, 0.15) is 29.7 Å². The van der Waals surface area contributed by atoms with Crippen LogP contribution in [-0.4, -0.2) is 26.4 Å². The van der Waals surface area contributed by atoms with Gasteiger partial charge in [-0.25, -0.2) is 4.98 Å². The van der Waals surface area contributed by atoms with Crippen molar-refractivity contribution in [3.63, 3.8) is 0 Å². The third-order valence-corrected chi connectivity index (χ3v) is 4.23. The Morgan fingerprint density at radius 1 is 1.19 bits per heavy atom. The summed E-state index contributed by atoms with van der Waals surface area (Å²) in [7, 11) is 0. The van der Waals surface area contributed by atoms with Crippen LogP contribution in [0.4, 0.5) is 0 Å². The Bertz CT molecular complexity index is 1150. The van der Waals surface area contributed by atoms with Crippen LogP contribution in [0.2, 0.25) is 0 Å². The molecule has 0 spiro atoms. The number of aromatic nitrogens is 3. The number of hydrogen-bond donors (Lipinski definition) is 1. The standard InChI is InChI=1S/C19H18N4O3/c1-2-9-21-18(24)16-8-7-13(26-16)12-23-17-14(5-3-10-20-17)22-11-4-6-15(22)19(23)25/h3-8,10-11H,2,9,12H2,1H3,(H,21,24). The molecular weight excluding hydrogens is 332 g/mol. The molecule has 26 heavy (non-hydrogen) atoms. The molecule has 0 aromatic carbocycles. The number of carbonyl (C=O) groups is 1. The molecule has 0 aliphatic heterocycles. The molecule has 1 N–H and O–H groups in total. The summed E-state index contributed by atoms with van der Waals surface area (Å²) in [5, 5.41) is 2.77. The van der Waals surface area contributed by atoms with Gasteiger partial charge in [-0.3, -0.25) is 14.2 Å². The number of pyridine rings is 1. The van der Waals surface area contributed by atoms with Gasteiger partial charge in [0.05, 0.1) is 12.1 Å². The smallest absolute Gasteiger partial charge is 0.286 e. The van der Waals surface area contributed by atoms with Crippen LogP contribution in [-0.2, 0) is 6.54 Å². The first-order valence-electron chi connectivity index (χ1n) is 8.50. The van der Waals surface area contributed by atoms with Crippen molar-refractivity contribution in [2.75, 3.05) is 6.54 Å². The van der Waals surface area contributed by atoms with Gasteiger partial charge in [0.15, 0.2) is 11.4 Å². The summed E-state index contributed by atoms with van der Waals surface area (Å²) in [5.41, 5.74) is 1.81. The molecule has 0 fully saturated rings. The van der Waals surface area contributed by atoms with Crippen LogP contribution in [0.3, 0.4) is 0 Å². The third kappa shape index (κ3) is 2.67. The molecular formula is C19H18N4O3. The second-order valence-electron chi connectivity index (χ2n) is 6.02. The summed E-state index contributed by atoms with van der Waals surface area (Å²) in [6, 6.07) is 10.7. The Labute approximate surface area is 148 Å². The summed E-state index contributed by atoms with van der Waals surface area (Å²) >= 11 is 0. The second kappa shape index (κ2) is 6.51. The van der Waals surface area contributed by atoms with Gasteiger partial charge in [-0.05, 0) is 42.8 Å². The van der Waals surface area contributed by atoms with Crippen LogP contribution in [0, 0.1) is 0 Å². The minimum absolute atomic E-state index is 0.158. The van der Waals surface area contributed by atoms with Gasteiger partial charge in [0.25, 0.3) is 11.5 Å². The van der Waals surface area contributed by atoms with Crippen LogP contribution in [0.25, 0.3) is 16.7 Å². The highest BCUT2D eigenvalue weighted by Crippen LogP contribution is 2.15. The number of rotatable bonds is 5. The predicted molar refractivity (Wildman–Crippen MR) is 97.4 cm³/mol.